The van der Waals surface area contributed by atoms with Crippen LogP contribution in [0.1, 0.15) is 30.4 Å². The Morgan fingerprint density at radius 1 is 1.46 bits per heavy atom. The first-order valence-corrected chi connectivity index (χ1v) is 9.14. The molecule has 0 bridgehead atoms. The van der Waals surface area contributed by atoms with E-state index in [2.05, 4.69) is 32.6 Å². The smallest absolute Gasteiger partial charge is 0.297 e. The fourth-order valence-corrected chi connectivity index (χ4v) is 4.07. The number of fused-ring (bicyclic) bond motifs is 1. The van der Waals surface area contributed by atoms with E-state index in [9.17, 15) is 4.79 Å². The molecular weight excluding hydrogens is 388 g/mol. The zero-order valence-electron chi connectivity index (χ0n) is 13.4. The summed E-state index contributed by atoms with van der Waals surface area (Å²) in [7, 11) is 0. The van der Waals surface area contributed by atoms with Crippen molar-refractivity contribution in [2.75, 3.05) is 0 Å². The van der Waals surface area contributed by atoms with Gasteiger partial charge in [0.15, 0.2) is 4.80 Å². The minimum atomic E-state index is -0.287. The van der Waals surface area contributed by atoms with Crippen LogP contribution in [0.25, 0.3) is 10.2 Å². The lowest BCUT2D eigenvalue weighted by molar-refractivity contribution is 0.0986. The first-order chi connectivity index (χ1) is 11.5. The van der Waals surface area contributed by atoms with Crippen LogP contribution < -0.4 is 4.80 Å². The van der Waals surface area contributed by atoms with Crippen LogP contribution in [0.3, 0.4) is 0 Å². The van der Waals surface area contributed by atoms with Crippen molar-refractivity contribution in [1.82, 2.24) is 14.3 Å². The lowest BCUT2D eigenvalue weighted by Crippen LogP contribution is -2.18. The molecule has 0 saturated heterocycles. The number of allylic oxidation sites excluding steroid dienone is 1. The molecular formula is C17H17BrN4OS. The molecule has 7 heteroatoms. The van der Waals surface area contributed by atoms with Crippen molar-refractivity contribution in [2.45, 2.75) is 26.4 Å². The lowest BCUT2D eigenvalue weighted by atomic mass is 10.3. The number of rotatable bonds is 4. The third-order valence-corrected chi connectivity index (χ3v) is 5.07. The third-order valence-electron chi connectivity index (χ3n) is 3.53. The van der Waals surface area contributed by atoms with E-state index < -0.39 is 0 Å². The number of hydrogen-bond donors (Lipinski definition) is 0. The maximum Gasteiger partial charge on any atom is 0.297 e. The number of benzene rings is 1. The molecule has 5 nitrogen and oxygen atoms in total. The third kappa shape index (κ3) is 3.14. The fourth-order valence-electron chi connectivity index (χ4n) is 2.48. The molecule has 24 heavy (non-hydrogen) atoms. The van der Waals surface area contributed by atoms with Gasteiger partial charge in [-0.3, -0.25) is 9.48 Å². The molecule has 124 valence electrons. The number of hydrogen-bond acceptors (Lipinski definition) is 3. The van der Waals surface area contributed by atoms with E-state index in [1.807, 2.05) is 36.6 Å². The minimum Gasteiger partial charge on any atom is -0.312 e. The first-order valence-electron chi connectivity index (χ1n) is 7.53. The molecule has 0 N–H and O–H groups in total. The van der Waals surface area contributed by atoms with Gasteiger partial charge in [-0.15, -0.1) is 6.58 Å². The summed E-state index contributed by atoms with van der Waals surface area (Å²) in [5.41, 5.74) is 1.53. The van der Waals surface area contributed by atoms with Crippen LogP contribution in [0.4, 0.5) is 0 Å². The van der Waals surface area contributed by atoms with Crippen molar-refractivity contribution >= 4 is 43.4 Å². The normalized spacial score (nSPS) is 12.2. The lowest BCUT2D eigenvalue weighted by Gasteiger charge is -2.07. The van der Waals surface area contributed by atoms with Gasteiger partial charge in [-0.1, -0.05) is 33.3 Å². The summed E-state index contributed by atoms with van der Waals surface area (Å²) >= 11 is 4.97. The Labute approximate surface area is 152 Å². The van der Waals surface area contributed by atoms with Gasteiger partial charge in [0.05, 0.1) is 10.2 Å². The molecule has 0 saturated carbocycles. The highest BCUT2D eigenvalue weighted by atomic mass is 79.9. The van der Waals surface area contributed by atoms with E-state index in [1.54, 1.807) is 23.0 Å². The van der Waals surface area contributed by atoms with Crippen molar-refractivity contribution in [2.24, 2.45) is 4.99 Å². The van der Waals surface area contributed by atoms with Crippen LogP contribution in [-0.2, 0) is 6.54 Å². The molecule has 0 unspecified atom stereocenters. The highest BCUT2D eigenvalue weighted by Gasteiger charge is 2.14. The molecule has 1 aromatic carbocycles. The van der Waals surface area contributed by atoms with Gasteiger partial charge in [-0.05, 0) is 38.1 Å². The number of nitrogens with zero attached hydrogens (tertiary/aromatic N) is 4. The number of halogens is 1. The number of aromatic nitrogens is 3. The predicted octanol–water partition coefficient (Wildman–Crippen LogP) is 4.17. The molecule has 3 rings (SSSR count). The Kier molecular flexibility index (Phi) is 4.82. The van der Waals surface area contributed by atoms with Crippen LogP contribution in [0, 0.1) is 0 Å². The summed E-state index contributed by atoms with van der Waals surface area (Å²) in [5, 5.41) is 4.20. The largest absolute Gasteiger partial charge is 0.312 e. The Bertz CT molecular complexity index is 980. The Morgan fingerprint density at radius 2 is 2.25 bits per heavy atom. The highest BCUT2D eigenvalue weighted by Crippen LogP contribution is 2.22. The first kappa shape index (κ1) is 16.9. The molecule has 0 radical (unpaired) electrons. The summed E-state index contributed by atoms with van der Waals surface area (Å²) in [6.07, 6.45) is 3.43. The van der Waals surface area contributed by atoms with Gasteiger partial charge in [0.2, 0.25) is 0 Å². The van der Waals surface area contributed by atoms with E-state index in [0.29, 0.717) is 17.0 Å². The summed E-state index contributed by atoms with van der Waals surface area (Å²) < 4.78 is 5.74. The van der Waals surface area contributed by atoms with E-state index in [0.717, 1.165) is 14.7 Å². The molecule has 2 aromatic heterocycles. The Morgan fingerprint density at radius 3 is 2.96 bits per heavy atom. The van der Waals surface area contributed by atoms with Crippen LogP contribution in [-0.4, -0.2) is 20.3 Å². The minimum absolute atomic E-state index is 0.104. The van der Waals surface area contributed by atoms with Crippen molar-refractivity contribution in [3.63, 3.8) is 0 Å². The van der Waals surface area contributed by atoms with E-state index in [1.165, 1.54) is 11.3 Å². The van der Waals surface area contributed by atoms with Crippen LogP contribution in [0.5, 0.6) is 0 Å². The topological polar surface area (TPSA) is 52.2 Å². The molecule has 0 atom stereocenters. The molecule has 0 aliphatic rings. The van der Waals surface area contributed by atoms with Crippen molar-refractivity contribution in [3.05, 3.63) is 58.1 Å². The van der Waals surface area contributed by atoms with Gasteiger partial charge in [0.25, 0.3) is 5.91 Å². The predicted molar refractivity (Wildman–Crippen MR) is 100 cm³/mol. The van der Waals surface area contributed by atoms with Crippen molar-refractivity contribution in [1.29, 1.82) is 0 Å². The van der Waals surface area contributed by atoms with E-state index in [4.69, 9.17) is 0 Å². The quantitative estimate of drug-likeness (QED) is 0.612. The highest BCUT2D eigenvalue weighted by molar-refractivity contribution is 9.10. The second-order valence-corrected chi connectivity index (χ2v) is 7.49. The monoisotopic (exact) mass is 404 g/mol. The standard InChI is InChI=1S/C17H17BrN4OS/c1-4-9-21-13-6-5-12(18)10-15(13)24-17(21)20-16(23)14-7-8-19-22(14)11(2)3/h4-8,10-11H,1,9H2,2-3H3. The molecule has 0 fully saturated rings. The zero-order chi connectivity index (χ0) is 17.3. The van der Waals surface area contributed by atoms with Gasteiger partial charge >= 0.3 is 0 Å². The SMILES string of the molecule is C=CCn1c(=NC(=O)c2ccnn2C(C)C)sc2cc(Br)ccc21. The van der Waals surface area contributed by atoms with Gasteiger partial charge in [-0.25, -0.2) is 0 Å². The average molecular weight is 405 g/mol. The van der Waals surface area contributed by atoms with Crippen molar-refractivity contribution < 1.29 is 4.79 Å². The van der Waals surface area contributed by atoms with Crippen LogP contribution in [0.2, 0.25) is 0 Å². The summed E-state index contributed by atoms with van der Waals surface area (Å²) in [4.78, 5) is 17.6. The van der Waals surface area contributed by atoms with Gasteiger partial charge in [-0.2, -0.15) is 10.1 Å². The average Bonchev–Trinajstić information content (AvgIpc) is 3.13. The molecule has 2 heterocycles. The van der Waals surface area contributed by atoms with Crippen LogP contribution in [0.15, 0.2) is 52.6 Å². The number of carbonyl (C=O) groups is 1. The van der Waals surface area contributed by atoms with Gasteiger partial charge < -0.3 is 4.57 Å². The molecule has 0 spiro atoms. The second-order valence-electron chi connectivity index (χ2n) is 5.57. The van der Waals surface area contributed by atoms with Crippen LogP contribution >= 0.6 is 27.3 Å². The number of thiazole rings is 1. The number of amides is 1. The molecule has 0 aliphatic carbocycles. The van der Waals surface area contributed by atoms with E-state index >= 15 is 0 Å². The fraction of sp³-hybridized carbons (Fsp3) is 0.235. The maximum atomic E-state index is 12.6. The summed E-state index contributed by atoms with van der Waals surface area (Å²) in [6.45, 7) is 8.37. The number of carbonyl (C=O) groups excluding carboxylic acids is 1. The van der Waals surface area contributed by atoms with Gasteiger partial charge in [0.1, 0.15) is 5.69 Å². The summed E-state index contributed by atoms with van der Waals surface area (Å²) in [5.74, 6) is -0.287. The van der Waals surface area contributed by atoms with Gasteiger partial charge in [0, 0.05) is 23.3 Å². The Balaban J connectivity index is 2.15. The Hall–Kier alpha value is -1.99. The molecule has 3 aromatic rings. The maximum absolute atomic E-state index is 12.6. The van der Waals surface area contributed by atoms with Crippen molar-refractivity contribution in [3.8, 4) is 0 Å². The summed E-state index contributed by atoms with van der Waals surface area (Å²) in [6, 6.07) is 7.83. The molecule has 1 amide bonds. The zero-order valence-corrected chi connectivity index (χ0v) is 15.8. The van der Waals surface area contributed by atoms with E-state index in [-0.39, 0.29) is 11.9 Å². The second kappa shape index (κ2) is 6.86. The molecule has 0 aliphatic heterocycles.